The number of nitrogens with one attached hydrogen (secondary N) is 1. The van der Waals surface area contributed by atoms with Crippen LogP contribution in [0.3, 0.4) is 0 Å². The molecule has 4 atom stereocenters. The van der Waals surface area contributed by atoms with Crippen LogP contribution in [0, 0.1) is 0 Å². The van der Waals surface area contributed by atoms with Crippen molar-refractivity contribution in [3.05, 3.63) is 118 Å². The van der Waals surface area contributed by atoms with Crippen molar-refractivity contribution < 1.29 is 52.6 Å². The van der Waals surface area contributed by atoms with Gasteiger partial charge in [-0.25, -0.2) is 4.79 Å². The highest BCUT2D eigenvalue weighted by molar-refractivity contribution is 5.87. The number of hydrogen-bond acceptors (Lipinski definition) is 12. The van der Waals surface area contributed by atoms with Crippen molar-refractivity contribution >= 4 is 23.7 Å². The number of aromatic nitrogens is 2. The van der Waals surface area contributed by atoms with E-state index in [9.17, 15) is 24.3 Å². The fraction of sp³-hybridized carbons (Fsp3) is 0.359. The van der Waals surface area contributed by atoms with Crippen LogP contribution in [0.25, 0.3) is 0 Å². The molecule has 1 aliphatic heterocycles. The smallest absolute Gasteiger partial charge is 0.351 e. The van der Waals surface area contributed by atoms with Crippen molar-refractivity contribution in [2.24, 2.45) is 0 Å². The fourth-order valence-corrected chi connectivity index (χ4v) is 6.21. The molecule has 1 amide bonds. The molecule has 1 aliphatic rings. The van der Waals surface area contributed by atoms with Gasteiger partial charge < -0.3 is 43.6 Å². The SMILES string of the molecule is COCCO[C@@H]1[C@H](OC(=O)CCC(=O)O)[C@@H](COC(c2ccccc2)(c2ccc(OC)cc2)c2ccc(OC)cc2)O[C@H]1n1ccc(NC(C)=O)nc1=O. The molecular formula is C39H43N3O12. The van der Waals surface area contributed by atoms with Crippen LogP contribution in [-0.2, 0) is 43.7 Å². The summed E-state index contributed by atoms with van der Waals surface area (Å²) >= 11 is 0. The van der Waals surface area contributed by atoms with Crippen molar-refractivity contribution in [3.63, 3.8) is 0 Å². The summed E-state index contributed by atoms with van der Waals surface area (Å²) < 4.78 is 43.0. The Morgan fingerprint density at radius 1 is 0.833 bits per heavy atom. The Morgan fingerprint density at radius 2 is 1.44 bits per heavy atom. The van der Waals surface area contributed by atoms with E-state index in [1.807, 2.05) is 78.9 Å². The molecule has 3 aromatic carbocycles. The lowest BCUT2D eigenvalue weighted by Gasteiger charge is -2.37. The van der Waals surface area contributed by atoms with E-state index < -0.39 is 66.5 Å². The first-order valence-electron chi connectivity index (χ1n) is 17.1. The van der Waals surface area contributed by atoms with Crippen molar-refractivity contribution in [1.82, 2.24) is 9.55 Å². The average Bonchev–Trinajstić information content (AvgIpc) is 3.50. The number of carbonyl (C=O) groups excluding carboxylic acids is 2. The molecule has 0 aliphatic carbocycles. The molecule has 5 rings (SSSR count). The maximum Gasteiger partial charge on any atom is 0.351 e. The van der Waals surface area contributed by atoms with Gasteiger partial charge in [-0.3, -0.25) is 19.0 Å². The quantitative estimate of drug-likeness (QED) is 0.0850. The van der Waals surface area contributed by atoms with Gasteiger partial charge in [0.1, 0.15) is 35.1 Å². The average molecular weight is 746 g/mol. The Kier molecular flexibility index (Phi) is 13.5. The molecule has 1 saturated heterocycles. The van der Waals surface area contributed by atoms with Gasteiger partial charge in [-0.15, -0.1) is 0 Å². The summed E-state index contributed by atoms with van der Waals surface area (Å²) in [6, 6.07) is 25.7. The highest BCUT2D eigenvalue weighted by Crippen LogP contribution is 2.43. The number of amides is 1. The highest BCUT2D eigenvalue weighted by Gasteiger charge is 2.51. The van der Waals surface area contributed by atoms with Crippen molar-refractivity contribution in [2.75, 3.05) is 46.5 Å². The third-order valence-electron chi connectivity index (χ3n) is 8.74. The van der Waals surface area contributed by atoms with Gasteiger partial charge >= 0.3 is 17.6 Å². The number of anilines is 1. The molecular weight excluding hydrogens is 702 g/mol. The Balaban J connectivity index is 1.61. The number of aliphatic carboxylic acids is 1. The lowest BCUT2D eigenvalue weighted by Crippen LogP contribution is -2.43. The minimum Gasteiger partial charge on any atom is -0.497 e. The number of methoxy groups -OCH3 is 3. The zero-order chi connectivity index (χ0) is 38.7. The van der Waals surface area contributed by atoms with Gasteiger partial charge in [0, 0.05) is 20.2 Å². The second-order valence-electron chi connectivity index (χ2n) is 12.2. The van der Waals surface area contributed by atoms with Gasteiger partial charge in [0.2, 0.25) is 5.91 Å². The monoisotopic (exact) mass is 745 g/mol. The topological polar surface area (TPSA) is 183 Å². The van der Waals surface area contributed by atoms with E-state index >= 15 is 0 Å². The zero-order valence-electron chi connectivity index (χ0n) is 30.3. The summed E-state index contributed by atoms with van der Waals surface area (Å²) in [6.07, 6.45) is -4.09. The minimum absolute atomic E-state index is 0.0234. The van der Waals surface area contributed by atoms with Gasteiger partial charge in [-0.1, -0.05) is 54.6 Å². The number of ether oxygens (including phenoxy) is 7. The molecule has 15 heteroatoms. The van der Waals surface area contributed by atoms with Crippen LogP contribution in [0.4, 0.5) is 5.82 Å². The van der Waals surface area contributed by atoms with E-state index in [2.05, 4.69) is 10.3 Å². The van der Waals surface area contributed by atoms with Crippen LogP contribution < -0.4 is 20.5 Å². The van der Waals surface area contributed by atoms with E-state index in [0.717, 1.165) is 21.3 Å². The van der Waals surface area contributed by atoms with Crippen molar-refractivity contribution in [1.29, 1.82) is 0 Å². The van der Waals surface area contributed by atoms with Crippen LogP contribution in [0.1, 0.15) is 42.7 Å². The molecule has 54 heavy (non-hydrogen) atoms. The fourth-order valence-electron chi connectivity index (χ4n) is 6.21. The molecule has 1 aromatic heterocycles. The lowest BCUT2D eigenvalue weighted by molar-refractivity contribution is -0.162. The normalized spacial score (nSPS) is 18.1. The number of carbonyl (C=O) groups is 3. The number of nitrogens with zero attached hydrogens (tertiary/aromatic N) is 2. The van der Waals surface area contributed by atoms with Crippen molar-refractivity contribution in [3.8, 4) is 11.5 Å². The van der Waals surface area contributed by atoms with E-state index in [1.54, 1.807) is 14.2 Å². The largest absolute Gasteiger partial charge is 0.497 e. The van der Waals surface area contributed by atoms with Crippen LogP contribution >= 0.6 is 0 Å². The summed E-state index contributed by atoms with van der Waals surface area (Å²) in [7, 11) is 4.64. The Bertz CT molecular complexity index is 1870. The summed E-state index contributed by atoms with van der Waals surface area (Å²) in [5.74, 6) is -1.12. The minimum atomic E-state index is -1.29. The molecule has 0 unspecified atom stereocenters. The Morgan fingerprint density at radius 3 is 1.98 bits per heavy atom. The maximum atomic E-state index is 13.4. The van der Waals surface area contributed by atoms with Gasteiger partial charge in [-0.05, 0) is 47.0 Å². The van der Waals surface area contributed by atoms with Crippen LogP contribution in [-0.4, -0.2) is 92.0 Å². The van der Waals surface area contributed by atoms with E-state index in [4.69, 9.17) is 33.2 Å². The third-order valence-corrected chi connectivity index (χ3v) is 8.74. The molecule has 286 valence electrons. The molecule has 0 spiro atoms. The first kappa shape index (κ1) is 39.6. The zero-order valence-corrected chi connectivity index (χ0v) is 30.3. The second-order valence-corrected chi connectivity index (χ2v) is 12.2. The molecule has 15 nitrogen and oxygen atoms in total. The predicted octanol–water partition coefficient (Wildman–Crippen LogP) is 3.93. The highest BCUT2D eigenvalue weighted by atomic mass is 16.6. The number of rotatable bonds is 18. The lowest BCUT2D eigenvalue weighted by atomic mass is 9.80. The maximum absolute atomic E-state index is 13.4. The first-order valence-corrected chi connectivity index (χ1v) is 17.1. The molecule has 2 heterocycles. The van der Waals surface area contributed by atoms with Gasteiger partial charge in [0.15, 0.2) is 12.3 Å². The van der Waals surface area contributed by atoms with E-state index in [-0.39, 0.29) is 25.6 Å². The van der Waals surface area contributed by atoms with E-state index in [1.165, 1.54) is 26.3 Å². The Hall–Kier alpha value is -5.61. The predicted molar refractivity (Wildman–Crippen MR) is 193 cm³/mol. The summed E-state index contributed by atoms with van der Waals surface area (Å²) in [6.45, 7) is 1.24. The number of benzene rings is 3. The second kappa shape index (κ2) is 18.4. The van der Waals surface area contributed by atoms with Crippen LogP contribution in [0.5, 0.6) is 11.5 Å². The summed E-state index contributed by atoms with van der Waals surface area (Å²) in [5.41, 5.74) is 0.146. The van der Waals surface area contributed by atoms with Crippen LogP contribution in [0.15, 0.2) is 95.9 Å². The number of carboxylic acids is 1. The first-order chi connectivity index (χ1) is 26.1. The molecule has 2 N–H and O–H groups in total. The molecule has 0 saturated carbocycles. The summed E-state index contributed by atoms with van der Waals surface area (Å²) in [4.78, 5) is 53.5. The number of carboxylic acid groups (broad SMARTS) is 1. The number of hydrogen-bond donors (Lipinski definition) is 2. The Labute approximate surface area is 311 Å². The number of esters is 1. The molecule has 4 aromatic rings. The molecule has 0 bridgehead atoms. The molecule has 1 fully saturated rings. The standard InChI is InChI=1S/C39H43N3O12/c1-25(43)40-32-20-21-42(38(47)41-32)37-36(51-23-22-48-2)35(54-34(46)19-18-33(44)45)31(53-37)24-52-39(26-8-6-5-7-9-26,27-10-14-29(49-3)15-11-27)28-12-16-30(50-4)17-13-28/h5-17,20-21,31,35-37H,18-19,22-24H2,1-4H3,(H,44,45)(H,40,41,43,47)/t31-,35-,36-,37-/m1/s1. The van der Waals surface area contributed by atoms with E-state index in [0.29, 0.717) is 11.5 Å². The molecule has 0 radical (unpaired) electrons. The van der Waals surface area contributed by atoms with Gasteiger partial charge in [-0.2, -0.15) is 4.98 Å². The third kappa shape index (κ3) is 9.30. The summed E-state index contributed by atoms with van der Waals surface area (Å²) in [5, 5.41) is 11.7. The van der Waals surface area contributed by atoms with Crippen LogP contribution in [0.2, 0.25) is 0 Å². The van der Waals surface area contributed by atoms with Crippen molar-refractivity contribution in [2.45, 2.75) is 49.9 Å². The van der Waals surface area contributed by atoms with Gasteiger partial charge in [0.25, 0.3) is 0 Å². The van der Waals surface area contributed by atoms with Gasteiger partial charge in [0.05, 0.1) is 46.9 Å².